The first-order valence-electron chi connectivity index (χ1n) is 3.74. The number of hydrogen-bond acceptors (Lipinski definition) is 2. The summed E-state index contributed by atoms with van der Waals surface area (Å²) in [7, 11) is 0. The second kappa shape index (κ2) is 3.46. The predicted molar refractivity (Wildman–Crippen MR) is 39.8 cm³/mol. The number of alkyl halides is 6. The molecule has 1 aromatic rings. The molecule has 0 fully saturated rings. The molecular formula is C8H4F6O2. The highest BCUT2D eigenvalue weighted by atomic mass is 19.4. The molecular weight excluding hydrogens is 242 g/mol. The van der Waals surface area contributed by atoms with Crippen molar-refractivity contribution in [1.29, 1.82) is 0 Å². The van der Waals surface area contributed by atoms with E-state index in [4.69, 9.17) is 10.2 Å². The molecule has 0 aliphatic heterocycles. The molecule has 16 heavy (non-hydrogen) atoms. The van der Waals surface area contributed by atoms with Crippen molar-refractivity contribution in [1.82, 2.24) is 0 Å². The van der Waals surface area contributed by atoms with Crippen molar-refractivity contribution in [2.24, 2.45) is 0 Å². The van der Waals surface area contributed by atoms with Gasteiger partial charge in [-0.3, -0.25) is 0 Å². The number of hydrogen-bond donors (Lipinski definition) is 2. The van der Waals surface area contributed by atoms with Gasteiger partial charge in [-0.25, -0.2) is 0 Å². The fourth-order valence-electron chi connectivity index (χ4n) is 1.13. The van der Waals surface area contributed by atoms with Crippen LogP contribution in [0.1, 0.15) is 11.1 Å². The van der Waals surface area contributed by atoms with Crippen molar-refractivity contribution in [3.05, 3.63) is 23.3 Å². The quantitative estimate of drug-likeness (QED) is 0.690. The minimum Gasteiger partial charge on any atom is -0.508 e. The summed E-state index contributed by atoms with van der Waals surface area (Å²) in [5.41, 5.74) is -4.34. The molecule has 0 saturated carbocycles. The van der Waals surface area contributed by atoms with Crippen molar-refractivity contribution in [3.8, 4) is 11.5 Å². The molecule has 2 N–H and O–H groups in total. The average molecular weight is 246 g/mol. The summed E-state index contributed by atoms with van der Waals surface area (Å²) in [6, 6.07) is 0.0978. The highest BCUT2D eigenvalue weighted by Gasteiger charge is 2.45. The SMILES string of the molecule is Oc1cc(O)c(C(F)(F)F)c(C(F)(F)F)c1. The largest absolute Gasteiger partial charge is 0.508 e. The topological polar surface area (TPSA) is 40.5 Å². The molecule has 90 valence electrons. The zero-order valence-electron chi connectivity index (χ0n) is 7.32. The van der Waals surface area contributed by atoms with E-state index in [1.165, 1.54) is 0 Å². The van der Waals surface area contributed by atoms with Gasteiger partial charge in [-0.05, 0) is 6.07 Å². The van der Waals surface area contributed by atoms with Gasteiger partial charge in [-0.15, -0.1) is 0 Å². The van der Waals surface area contributed by atoms with Crippen LogP contribution >= 0.6 is 0 Å². The van der Waals surface area contributed by atoms with Crippen molar-refractivity contribution in [2.75, 3.05) is 0 Å². The Kier molecular flexibility index (Phi) is 2.70. The number of benzene rings is 1. The van der Waals surface area contributed by atoms with Crippen molar-refractivity contribution < 1.29 is 36.6 Å². The Balaban J connectivity index is 3.58. The summed E-state index contributed by atoms with van der Waals surface area (Å²) in [5.74, 6) is -2.77. The molecule has 8 heteroatoms. The maximum Gasteiger partial charge on any atom is 0.420 e. The molecule has 0 atom stereocenters. The van der Waals surface area contributed by atoms with Crippen LogP contribution in [0.25, 0.3) is 0 Å². The molecule has 1 aromatic carbocycles. The van der Waals surface area contributed by atoms with E-state index in [-0.39, 0.29) is 12.1 Å². The van der Waals surface area contributed by atoms with E-state index < -0.39 is 35.0 Å². The first-order chi connectivity index (χ1) is 7.03. The smallest absolute Gasteiger partial charge is 0.420 e. The first-order valence-corrected chi connectivity index (χ1v) is 3.74. The Hall–Kier alpha value is -1.60. The third-order valence-corrected chi connectivity index (χ3v) is 1.69. The summed E-state index contributed by atoms with van der Waals surface area (Å²) in [5, 5.41) is 17.5. The predicted octanol–water partition coefficient (Wildman–Crippen LogP) is 3.14. The van der Waals surface area contributed by atoms with Gasteiger partial charge in [0.1, 0.15) is 17.1 Å². The highest BCUT2D eigenvalue weighted by molar-refractivity contribution is 5.48. The molecule has 0 unspecified atom stereocenters. The molecule has 0 heterocycles. The Labute approximate surface area is 84.7 Å². The molecule has 0 aliphatic carbocycles. The lowest BCUT2D eigenvalue weighted by atomic mass is 10.0. The number of halogens is 6. The minimum absolute atomic E-state index is 0.0947. The maximum absolute atomic E-state index is 12.2. The van der Waals surface area contributed by atoms with Gasteiger partial charge in [0, 0.05) is 6.07 Å². The lowest BCUT2D eigenvalue weighted by molar-refractivity contribution is -0.163. The summed E-state index contributed by atoms with van der Waals surface area (Å²) < 4.78 is 73.3. The van der Waals surface area contributed by atoms with Crippen molar-refractivity contribution in [2.45, 2.75) is 12.4 Å². The van der Waals surface area contributed by atoms with E-state index in [1.54, 1.807) is 0 Å². The van der Waals surface area contributed by atoms with Gasteiger partial charge in [0.05, 0.1) is 5.56 Å². The minimum atomic E-state index is -5.36. The van der Waals surface area contributed by atoms with Crippen molar-refractivity contribution >= 4 is 0 Å². The fourth-order valence-corrected chi connectivity index (χ4v) is 1.13. The van der Waals surface area contributed by atoms with Gasteiger partial charge in [-0.1, -0.05) is 0 Å². The molecule has 0 bridgehead atoms. The van der Waals surface area contributed by atoms with Gasteiger partial charge in [0.15, 0.2) is 0 Å². The molecule has 0 saturated heterocycles. The van der Waals surface area contributed by atoms with Crippen LogP contribution in [0.2, 0.25) is 0 Å². The highest BCUT2D eigenvalue weighted by Crippen LogP contribution is 2.46. The van der Waals surface area contributed by atoms with Gasteiger partial charge >= 0.3 is 12.4 Å². The molecule has 2 nitrogen and oxygen atoms in total. The Morgan fingerprint density at radius 2 is 1.31 bits per heavy atom. The van der Waals surface area contributed by atoms with E-state index in [0.717, 1.165) is 0 Å². The monoisotopic (exact) mass is 246 g/mol. The van der Waals surface area contributed by atoms with Crippen LogP contribution in [0, 0.1) is 0 Å². The third kappa shape index (κ3) is 2.31. The Morgan fingerprint density at radius 1 is 0.812 bits per heavy atom. The van der Waals surface area contributed by atoms with E-state index in [2.05, 4.69) is 0 Å². The van der Waals surface area contributed by atoms with Gasteiger partial charge in [0.2, 0.25) is 0 Å². The first kappa shape index (κ1) is 12.5. The molecule has 0 radical (unpaired) electrons. The number of rotatable bonds is 0. The molecule has 0 aliphatic rings. The van der Waals surface area contributed by atoms with Crippen LogP contribution < -0.4 is 0 Å². The summed E-state index contributed by atoms with van der Waals surface area (Å²) in [6.07, 6.45) is -10.7. The van der Waals surface area contributed by atoms with Gasteiger partial charge in [-0.2, -0.15) is 26.3 Å². The second-order valence-electron chi connectivity index (χ2n) is 2.88. The standard InChI is InChI=1S/C8H4F6O2/c9-7(10,11)4-1-3(15)2-5(16)6(4)8(12,13)14/h1-2,15-16H. The third-order valence-electron chi connectivity index (χ3n) is 1.69. The lowest BCUT2D eigenvalue weighted by Crippen LogP contribution is -2.16. The Bertz CT molecular complexity index is 406. The zero-order valence-corrected chi connectivity index (χ0v) is 7.32. The van der Waals surface area contributed by atoms with Crippen LogP contribution in [0.3, 0.4) is 0 Å². The van der Waals surface area contributed by atoms with E-state index in [9.17, 15) is 26.3 Å². The Morgan fingerprint density at radius 3 is 1.69 bits per heavy atom. The van der Waals surface area contributed by atoms with Crippen LogP contribution in [-0.4, -0.2) is 10.2 Å². The molecule has 0 amide bonds. The summed E-state index contributed by atoms with van der Waals surface area (Å²) in [4.78, 5) is 0. The van der Waals surface area contributed by atoms with Crippen LogP contribution in [0.15, 0.2) is 12.1 Å². The van der Waals surface area contributed by atoms with Gasteiger partial charge < -0.3 is 10.2 Å². The molecule has 1 rings (SSSR count). The van der Waals surface area contributed by atoms with E-state index in [0.29, 0.717) is 0 Å². The van der Waals surface area contributed by atoms with Gasteiger partial charge in [0.25, 0.3) is 0 Å². The summed E-state index contributed by atoms with van der Waals surface area (Å²) >= 11 is 0. The maximum atomic E-state index is 12.2. The summed E-state index contributed by atoms with van der Waals surface area (Å²) in [6.45, 7) is 0. The number of phenolic OH excluding ortho intramolecular Hbond substituents is 2. The average Bonchev–Trinajstić information content (AvgIpc) is 1.97. The second-order valence-corrected chi connectivity index (χ2v) is 2.88. The number of aromatic hydroxyl groups is 2. The van der Waals surface area contributed by atoms with Crippen LogP contribution in [0.5, 0.6) is 11.5 Å². The van der Waals surface area contributed by atoms with Crippen LogP contribution in [-0.2, 0) is 12.4 Å². The van der Waals surface area contributed by atoms with E-state index in [1.807, 2.05) is 0 Å². The molecule has 0 spiro atoms. The normalized spacial score (nSPS) is 12.9. The van der Waals surface area contributed by atoms with Crippen molar-refractivity contribution in [3.63, 3.8) is 0 Å². The number of phenols is 2. The zero-order chi connectivity index (χ0) is 12.7. The fraction of sp³-hybridized carbons (Fsp3) is 0.250. The van der Waals surface area contributed by atoms with E-state index >= 15 is 0 Å². The van der Waals surface area contributed by atoms with Crippen LogP contribution in [0.4, 0.5) is 26.3 Å². The lowest BCUT2D eigenvalue weighted by Gasteiger charge is -2.16. The molecule has 0 aromatic heterocycles.